The van der Waals surface area contributed by atoms with Gasteiger partial charge in [-0.2, -0.15) is 8.78 Å². The van der Waals surface area contributed by atoms with Gasteiger partial charge in [0.05, 0.1) is 6.61 Å². The molecule has 0 bridgehead atoms. The summed E-state index contributed by atoms with van der Waals surface area (Å²) in [5.74, 6) is -8.85. The number of hydrogen-bond donors (Lipinski definition) is 1. The number of nitrogens with two attached hydrogens (primary N) is 1. The van der Waals surface area contributed by atoms with Crippen LogP contribution in [0.1, 0.15) is 18.5 Å². The first-order chi connectivity index (χ1) is 9.99. The predicted molar refractivity (Wildman–Crippen MR) is 61.6 cm³/mol. The molecular weight excluding hydrogens is 320 g/mol. The van der Waals surface area contributed by atoms with Crippen LogP contribution in [0.3, 0.4) is 0 Å². The lowest BCUT2D eigenvalue weighted by molar-refractivity contribution is -0.275. The molecule has 4 nitrogen and oxygen atoms in total. The molecule has 124 valence electrons. The summed E-state index contributed by atoms with van der Waals surface area (Å²) in [7, 11) is 0. The van der Waals surface area contributed by atoms with Gasteiger partial charge in [0.2, 0.25) is 0 Å². The van der Waals surface area contributed by atoms with E-state index < -0.39 is 41.4 Å². The maximum Gasteiger partial charge on any atom is 0.573 e. The molecule has 0 spiro atoms. The second kappa shape index (κ2) is 6.42. The Bertz CT molecular complexity index is 546. The first-order valence-corrected chi connectivity index (χ1v) is 5.84. The normalized spacial score (nSPS) is 13.6. The van der Waals surface area contributed by atoms with Crippen molar-refractivity contribution in [1.82, 2.24) is 0 Å². The molecule has 0 heterocycles. The molecule has 1 aromatic rings. The van der Waals surface area contributed by atoms with Crippen molar-refractivity contribution in [2.24, 2.45) is 5.73 Å². The van der Waals surface area contributed by atoms with E-state index in [1.165, 1.54) is 6.92 Å². The second-order valence-corrected chi connectivity index (χ2v) is 4.06. The van der Waals surface area contributed by atoms with Crippen LogP contribution in [0.5, 0.6) is 5.75 Å². The van der Waals surface area contributed by atoms with E-state index in [1.807, 2.05) is 0 Å². The standard InChI is InChI=1S/C12H11F6NO3/c1-2-21-10(20)11(14,15)9(19)6-3-4-8(7(13)5-6)22-12(16,17)18/h3-5,9H,2,19H2,1H3/t9-/m0/s1. The summed E-state index contributed by atoms with van der Waals surface area (Å²) in [6.45, 7) is 0.969. The summed E-state index contributed by atoms with van der Waals surface area (Å²) in [5.41, 5.74) is 4.58. The Labute approximate surface area is 120 Å². The van der Waals surface area contributed by atoms with Gasteiger partial charge in [0.15, 0.2) is 11.6 Å². The van der Waals surface area contributed by atoms with E-state index in [0.29, 0.717) is 18.2 Å². The van der Waals surface area contributed by atoms with Crippen LogP contribution in [-0.4, -0.2) is 24.9 Å². The minimum atomic E-state index is -5.14. The minimum Gasteiger partial charge on any atom is -0.462 e. The Morgan fingerprint density at radius 1 is 1.27 bits per heavy atom. The van der Waals surface area contributed by atoms with Crippen molar-refractivity contribution < 1.29 is 40.6 Å². The fourth-order valence-corrected chi connectivity index (χ4v) is 1.48. The van der Waals surface area contributed by atoms with Crippen LogP contribution in [0.15, 0.2) is 18.2 Å². The number of rotatable bonds is 5. The fourth-order valence-electron chi connectivity index (χ4n) is 1.48. The molecule has 0 saturated heterocycles. The molecule has 0 aliphatic heterocycles. The van der Waals surface area contributed by atoms with Crippen LogP contribution in [0.2, 0.25) is 0 Å². The van der Waals surface area contributed by atoms with E-state index in [1.54, 1.807) is 0 Å². The summed E-state index contributed by atoms with van der Waals surface area (Å²) < 4.78 is 84.1. The minimum absolute atomic E-state index is 0.326. The van der Waals surface area contributed by atoms with Crippen molar-refractivity contribution >= 4 is 5.97 Å². The zero-order valence-corrected chi connectivity index (χ0v) is 11.1. The summed E-state index contributed by atoms with van der Waals surface area (Å²) in [5, 5.41) is 0. The Morgan fingerprint density at radius 2 is 1.86 bits per heavy atom. The molecule has 1 atom stereocenters. The number of alkyl halides is 5. The molecule has 1 rings (SSSR count). The summed E-state index contributed by atoms with van der Waals surface area (Å²) >= 11 is 0. The number of ether oxygens (including phenoxy) is 2. The highest BCUT2D eigenvalue weighted by atomic mass is 19.4. The third-order valence-corrected chi connectivity index (χ3v) is 2.48. The van der Waals surface area contributed by atoms with Crippen LogP contribution in [-0.2, 0) is 9.53 Å². The van der Waals surface area contributed by atoms with E-state index in [9.17, 15) is 31.1 Å². The van der Waals surface area contributed by atoms with Crippen molar-refractivity contribution in [2.75, 3.05) is 6.61 Å². The smallest absolute Gasteiger partial charge is 0.462 e. The molecule has 0 unspecified atom stereocenters. The van der Waals surface area contributed by atoms with Crippen molar-refractivity contribution in [3.8, 4) is 5.75 Å². The summed E-state index contributed by atoms with van der Waals surface area (Å²) in [6.07, 6.45) is -5.14. The number of halogens is 6. The van der Waals surface area contributed by atoms with E-state index in [0.717, 1.165) is 0 Å². The zero-order chi connectivity index (χ0) is 17.1. The lowest BCUT2D eigenvalue weighted by Crippen LogP contribution is -2.41. The molecule has 0 amide bonds. The Morgan fingerprint density at radius 3 is 2.32 bits per heavy atom. The predicted octanol–water partition coefficient (Wildman–Crippen LogP) is 2.92. The maximum absolute atomic E-state index is 13.7. The number of esters is 1. The molecular formula is C12H11F6NO3. The largest absolute Gasteiger partial charge is 0.573 e. The van der Waals surface area contributed by atoms with E-state index in [4.69, 9.17) is 5.73 Å². The SMILES string of the molecule is CCOC(=O)C(F)(F)[C@@H](N)c1ccc(OC(F)(F)F)c(F)c1. The van der Waals surface area contributed by atoms with Gasteiger partial charge in [-0.1, -0.05) is 6.07 Å². The molecule has 1 aromatic carbocycles. The maximum atomic E-state index is 13.7. The topological polar surface area (TPSA) is 61.5 Å². The molecule has 2 N–H and O–H groups in total. The Hall–Kier alpha value is -1.97. The van der Waals surface area contributed by atoms with Crippen molar-refractivity contribution in [2.45, 2.75) is 25.3 Å². The molecule has 0 saturated carbocycles. The first-order valence-electron chi connectivity index (χ1n) is 5.84. The number of carbonyl (C=O) groups excluding carboxylic acids is 1. The van der Waals surface area contributed by atoms with Crippen LogP contribution >= 0.6 is 0 Å². The highest BCUT2D eigenvalue weighted by Crippen LogP contribution is 2.33. The summed E-state index contributed by atoms with van der Waals surface area (Å²) in [4.78, 5) is 11.1. The molecule has 0 fully saturated rings. The fraction of sp³-hybridized carbons (Fsp3) is 0.417. The highest BCUT2D eigenvalue weighted by molar-refractivity contribution is 5.78. The zero-order valence-electron chi connectivity index (χ0n) is 11.1. The van der Waals surface area contributed by atoms with Gasteiger partial charge in [0.1, 0.15) is 6.04 Å². The lowest BCUT2D eigenvalue weighted by atomic mass is 10.0. The third kappa shape index (κ3) is 4.26. The third-order valence-electron chi connectivity index (χ3n) is 2.48. The van der Waals surface area contributed by atoms with Gasteiger partial charge in [-0.25, -0.2) is 9.18 Å². The van der Waals surface area contributed by atoms with Gasteiger partial charge in [0, 0.05) is 0 Å². The monoisotopic (exact) mass is 331 g/mol. The van der Waals surface area contributed by atoms with Crippen molar-refractivity contribution in [3.63, 3.8) is 0 Å². The summed E-state index contributed by atoms with van der Waals surface area (Å²) in [6, 6.07) is -0.777. The van der Waals surface area contributed by atoms with Gasteiger partial charge >= 0.3 is 18.3 Å². The van der Waals surface area contributed by atoms with Gasteiger partial charge < -0.3 is 15.2 Å². The molecule has 0 aromatic heterocycles. The van der Waals surface area contributed by atoms with Gasteiger partial charge in [-0.3, -0.25) is 0 Å². The number of benzene rings is 1. The quantitative estimate of drug-likeness (QED) is 0.666. The molecule has 0 aliphatic carbocycles. The second-order valence-electron chi connectivity index (χ2n) is 4.06. The van der Waals surface area contributed by atoms with Gasteiger partial charge in [0.25, 0.3) is 0 Å². The first kappa shape index (κ1) is 18.1. The Balaban J connectivity index is 3.03. The lowest BCUT2D eigenvalue weighted by Gasteiger charge is -2.22. The molecule has 22 heavy (non-hydrogen) atoms. The number of hydrogen-bond acceptors (Lipinski definition) is 4. The molecule has 0 aliphatic rings. The van der Waals surface area contributed by atoms with Gasteiger partial charge in [-0.15, -0.1) is 13.2 Å². The van der Waals surface area contributed by atoms with Crippen LogP contribution < -0.4 is 10.5 Å². The highest BCUT2D eigenvalue weighted by Gasteiger charge is 2.48. The Kier molecular flexibility index (Phi) is 5.28. The van der Waals surface area contributed by atoms with Crippen LogP contribution in [0.4, 0.5) is 26.3 Å². The van der Waals surface area contributed by atoms with E-state index in [2.05, 4.69) is 9.47 Å². The molecule has 10 heteroatoms. The molecule has 0 radical (unpaired) electrons. The average molecular weight is 331 g/mol. The van der Waals surface area contributed by atoms with Crippen LogP contribution in [0, 0.1) is 5.82 Å². The van der Waals surface area contributed by atoms with Crippen molar-refractivity contribution in [3.05, 3.63) is 29.6 Å². The number of carbonyl (C=O) groups is 1. The average Bonchev–Trinajstić information content (AvgIpc) is 2.39. The van der Waals surface area contributed by atoms with Crippen LogP contribution in [0.25, 0.3) is 0 Å². The van der Waals surface area contributed by atoms with E-state index in [-0.39, 0.29) is 6.61 Å². The van der Waals surface area contributed by atoms with Gasteiger partial charge in [-0.05, 0) is 24.6 Å². The van der Waals surface area contributed by atoms with Crippen molar-refractivity contribution in [1.29, 1.82) is 0 Å². The van der Waals surface area contributed by atoms with E-state index >= 15 is 0 Å².